The van der Waals surface area contributed by atoms with Gasteiger partial charge < -0.3 is 10.1 Å². The smallest absolute Gasteiger partial charge is 0.339 e. The van der Waals surface area contributed by atoms with E-state index in [1.807, 2.05) is 6.92 Å². The molecule has 3 fully saturated rings. The Balaban J connectivity index is 1.52. The van der Waals surface area contributed by atoms with Crippen LogP contribution in [0.2, 0.25) is 0 Å². The first kappa shape index (κ1) is 25.4. The van der Waals surface area contributed by atoms with Crippen molar-refractivity contribution in [3.8, 4) is 0 Å². The van der Waals surface area contributed by atoms with Crippen LogP contribution in [0.25, 0.3) is 0 Å². The maximum absolute atomic E-state index is 13.7. The number of benzene rings is 1. The van der Waals surface area contributed by atoms with Gasteiger partial charge in [0.05, 0.1) is 10.5 Å². The van der Waals surface area contributed by atoms with E-state index in [1.165, 1.54) is 29.8 Å². The lowest BCUT2D eigenvalue weighted by molar-refractivity contribution is -0.384. The van der Waals surface area contributed by atoms with Crippen molar-refractivity contribution in [3.05, 3.63) is 63.7 Å². The molecule has 196 valence electrons. The number of likely N-dealkylation sites (N-methyl/N-ethyl adjacent to an activating group) is 1. The van der Waals surface area contributed by atoms with Gasteiger partial charge in [-0.1, -0.05) is 38.5 Å². The van der Waals surface area contributed by atoms with E-state index in [2.05, 4.69) is 25.2 Å². The number of carbonyl (C=O) groups is 3. The minimum atomic E-state index is -1.39. The number of hydrogen-bond acceptors (Lipinski definition) is 6. The topological polar surface area (TPSA) is 116 Å². The van der Waals surface area contributed by atoms with E-state index in [-0.39, 0.29) is 40.2 Å². The number of rotatable bonds is 4. The molecule has 0 saturated heterocycles. The molecule has 37 heavy (non-hydrogen) atoms. The molecule has 1 N–H and O–H groups in total. The quantitative estimate of drug-likeness (QED) is 0.357. The van der Waals surface area contributed by atoms with Crippen LogP contribution in [-0.4, -0.2) is 35.2 Å². The van der Waals surface area contributed by atoms with Crippen molar-refractivity contribution < 1.29 is 24.0 Å². The first-order chi connectivity index (χ1) is 17.5. The average molecular weight is 507 g/mol. The summed E-state index contributed by atoms with van der Waals surface area (Å²) >= 11 is 0. The minimum Gasteiger partial charge on any atom is -0.444 e. The molecule has 4 aliphatic carbocycles. The van der Waals surface area contributed by atoms with Crippen LogP contribution >= 0.6 is 0 Å². The second kappa shape index (κ2) is 8.64. The molecule has 0 radical (unpaired) electrons. The van der Waals surface area contributed by atoms with E-state index in [1.54, 1.807) is 19.2 Å². The number of nitro benzene ring substituents is 1. The van der Waals surface area contributed by atoms with E-state index in [4.69, 9.17) is 4.74 Å². The molecule has 7 unspecified atom stereocenters. The number of fused-ring (bicyclic) bond motifs is 5. The highest BCUT2D eigenvalue weighted by Gasteiger charge is 2.71. The number of allylic oxidation sites excluding steroid dienone is 4. The number of ether oxygens (including phenoxy) is 1. The van der Waals surface area contributed by atoms with Gasteiger partial charge in [0, 0.05) is 35.9 Å². The van der Waals surface area contributed by atoms with E-state index in [9.17, 15) is 24.5 Å². The van der Waals surface area contributed by atoms with Gasteiger partial charge in [-0.3, -0.25) is 19.7 Å². The molecule has 0 aromatic heterocycles. The van der Waals surface area contributed by atoms with Gasteiger partial charge in [-0.05, 0) is 68.1 Å². The first-order valence-electron chi connectivity index (χ1n) is 13.1. The number of esters is 1. The zero-order valence-electron chi connectivity index (χ0n) is 21.8. The number of nitrogens with zero attached hydrogens (tertiary/aromatic N) is 1. The maximum atomic E-state index is 13.7. The second-order valence-corrected chi connectivity index (χ2v) is 11.7. The van der Waals surface area contributed by atoms with E-state index < -0.39 is 21.9 Å². The van der Waals surface area contributed by atoms with Gasteiger partial charge in [0.15, 0.2) is 11.4 Å². The lowest BCUT2D eigenvalue weighted by Gasteiger charge is -2.58. The van der Waals surface area contributed by atoms with Crippen molar-refractivity contribution in [1.82, 2.24) is 5.32 Å². The SMILES string of the molecule is CNC(=O)C1(OC(=O)c2cccc([N+](=O)[O-])c2)C(C)CC2C3CCC4=CC(=O)C=CC4(C)C3CCC21C. The predicted octanol–water partition coefficient (Wildman–Crippen LogP) is 4.79. The third-order valence-electron chi connectivity index (χ3n) is 10.2. The van der Waals surface area contributed by atoms with Crippen LogP contribution in [0, 0.1) is 44.6 Å². The van der Waals surface area contributed by atoms with Crippen LogP contribution in [0.1, 0.15) is 63.2 Å². The molecule has 0 spiro atoms. The standard InChI is InChI=1S/C29H34N2O6/c1-17-14-24-22-9-8-19-16-21(32)10-12-27(19,2)23(22)11-13-28(24,3)29(17,26(34)30-4)37-25(33)18-6-5-7-20(15-18)31(35)36/h5-7,10,12,15-17,22-24H,8-9,11,13-14H2,1-4H3,(H,30,34). The minimum absolute atomic E-state index is 0.0488. The zero-order valence-corrected chi connectivity index (χ0v) is 21.8. The molecule has 1 aromatic carbocycles. The van der Waals surface area contributed by atoms with Crippen LogP contribution in [0.15, 0.2) is 48.1 Å². The van der Waals surface area contributed by atoms with Crippen LogP contribution in [-0.2, 0) is 14.3 Å². The highest BCUT2D eigenvalue weighted by atomic mass is 16.6. The van der Waals surface area contributed by atoms with Gasteiger partial charge in [-0.25, -0.2) is 4.79 Å². The summed E-state index contributed by atoms with van der Waals surface area (Å²) in [4.78, 5) is 49.9. The molecule has 0 bridgehead atoms. The Kier molecular flexibility index (Phi) is 5.92. The van der Waals surface area contributed by atoms with Gasteiger partial charge in [0.1, 0.15) is 0 Å². The van der Waals surface area contributed by atoms with Gasteiger partial charge in [-0.2, -0.15) is 0 Å². The Bertz CT molecular complexity index is 1250. The van der Waals surface area contributed by atoms with Gasteiger partial charge in [0.2, 0.25) is 0 Å². The van der Waals surface area contributed by atoms with Crippen molar-refractivity contribution in [2.75, 3.05) is 7.05 Å². The lowest BCUT2D eigenvalue weighted by Crippen LogP contribution is -2.63. The number of nitro groups is 1. The summed E-state index contributed by atoms with van der Waals surface area (Å²) < 4.78 is 6.24. The average Bonchev–Trinajstić information content (AvgIpc) is 3.10. The fraction of sp³-hybridized carbons (Fsp3) is 0.552. The maximum Gasteiger partial charge on any atom is 0.339 e. The summed E-state index contributed by atoms with van der Waals surface area (Å²) in [7, 11) is 1.56. The molecular weight excluding hydrogens is 472 g/mol. The Hall–Kier alpha value is -3.29. The van der Waals surface area contributed by atoms with Crippen molar-refractivity contribution in [2.45, 2.75) is 58.5 Å². The first-order valence-corrected chi connectivity index (χ1v) is 13.1. The molecule has 1 amide bonds. The number of hydrogen-bond donors (Lipinski definition) is 1. The summed E-state index contributed by atoms with van der Waals surface area (Å²) in [5.74, 6) is -0.421. The summed E-state index contributed by atoms with van der Waals surface area (Å²) in [6.45, 7) is 6.29. The van der Waals surface area contributed by atoms with Gasteiger partial charge >= 0.3 is 5.97 Å². The summed E-state index contributed by atoms with van der Waals surface area (Å²) in [5, 5.41) is 14.0. The molecule has 1 aromatic rings. The molecule has 0 heterocycles. The van der Waals surface area contributed by atoms with Crippen LogP contribution in [0.4, 0.5) is 5.69 Å². The van der Waals surface area contributed by atoms with Crippen LogP contribution in [0.3, 0.4) is 0 Å². The van der Waals surface area contributed by atoms with Crippen LogP contribution < -0.4 is 5.32 Å². The van der Waals surface area contributed by atoms with E-state index in [0.717, 1.165) is 25.7 Å². The van der Waals surface area contributed by atoms with Crippen molar-refractivity contribution >= 4 is 23.3 Å². The monoisotopic (exact) mass is 506 g/mol. The Morgan fingerprint density at radius 2 is 1.95 bits per heavy atom. The number of nitrogens with one attached hydrogen (secondary N) is 1. The number of carbonyl (C=O) groups excluding carboxylic acids is 3. The van der Waals surface area contributed by atoms with Gasteiger partial charge in [0.25, 0.3) is 11.6 Å². The third-order valence-corrected chi connectivity index (χ3v) is 10.2. The highest BCUT2D eigenvalue weighted by Crippen LogP contribution is 2.69. The molecule has 4 aliphatic rings. The highest BCUT2D eigenvalue weighted by molar-refractivity contribution is 6.01. The van der Waals surface area contributed by atoms with Crippen molar-refractivity contribution in [2.24, 2.45) is 34.5 Å². The van der Waals surface area contributed by atoms with Gasteiger partial charge in [-0.15, -0.1) is 0 Å². The summed E-state index contributed by atoms with van der Waals surface area (Å²) in [5.41, 5.74) is -1.12. The van der Waals surface area contributed by atoms with E-state index in [0.29, 0.717) is 18.3 Å². The molecule has 3 saturated carbocycles. The van der Waals surface area contributed by atoms with Crippen molar-refractivity contribution in [3.63, 3.8) is 0 Å². The molecule has 7 atom stereocenters. The molecule has 5 rings (SSSR count). The zero-order chi connectivity index (χ0) is 26.8. The van der Waals surface area contributed by atoms with Crippen molar-refractivity contribution in [1.29, 1.82) is 0 Å². The largest absolute Gasteiger partial charge is 0.444 e. The van der Waals surface area contributed by atoms with Crippen LogP contribution in [0.5, 0.6) is 0 Å². The predicted molar refractivity (Wildman–Crippen MR) is 136 cm³/mol. The number of ketones is 1. The summed E-state index contributed by atoms with van der Waals surface area (Å²) in [6, 6.07) is 5.45. The Labute approximate surface area is 216 Å². The Morgan fingerprint density at radius 1 is 1.19 bits per heavy atom. The molecule has 8 nitrogen and oxygen atoms in total. The second-order valence-electron chi connectivity index (χ2n) is 11.7. The lowest BCUT2D eigenvalue weighted by atomic mass is 9.47. The molecule has 8 heteroatoms. The Morgan fingerprint density at radius 3 is 2.65 bits per heavy atom. The summed E-state index contributed by atoms with van der Waals surface area (Å²) in [6.07, 6.45) is 9.64. The number of non-ortho nitro benzene ring substituents is 1. The normalized spacial score (nSPS) is 38.1. The molecule has 0 aliphatic heterocycles. The fourth-order valence-corrected chi connectivity index (χ4v) is 8.41. The third kappa shape index (κ3) is 3.51. The molecular formula is C29H34N2O6. The van der Waals surface area contributed by atoms with E-state index >= 15 is 0 Å². The fourth-order valence-electron chi connectivity index (χ4n) is 8.41. The number of amides is 1.